The van der Waals surface area contributed by atoms with Crippen LogP contribution in [-0.2, 0) is 9.59 Å². The predicted octanol–water partition coefficient (Wildman–Crippen LogP) is 3.76. The largest absolute Gasteiger partial charge is 0.478 e. The van der Waals surface area contributed by atoms with Gasteiger partial charge in [0.1, 0.15) is 11.4 Å². The second-order valence-electron chi connectivity index (χ2n) is 7.46. The SMILES string of the molecule is Cc1cc(/C=C2/C(=O)NC(=S)N(c3cccc(F)c3)C2=O)c(C)n1-c1cccc(C(=O)O)c1. The Bertz CT molecular complexity index is 1380. The lowest BCUT2D eigenvalue weighted by molar-refractivity contribution is -0.122. The number of anilines is 1. The molecular formula is C24H18FN3O4S. The van der Waals surface area contributed by atoms with E-state index in [-0.39, 0.29) is 21.9 Å². The molecule has 1 fully saturated rings. The number of hydrogen-bond acceptors (Lipinski definition) is 4. The number of carboxylic acids is 1. The molecule has 33 heavy (non-hydrogen) atoms. The first kappa shape index (κ1) is 22.1. The molecule has 9 heteroatoms. The number of aryl methyl sites for hydroxylation is 1. The van der Waals surface area contributed by atoms with Crippen molar-refractivity contribution in [2.24, 2.45) is 0 Å². The number of rotatable bonds is 4. The van der Waals surface area contributed by atoms with Gasteiger partial charge in [-0.2, -0.15) is 0 Å². The van der Waals surface area contributed by atoms with Gasteiger partial charge >= 0.3 is 5.97 Å². The van der Waals surface area contributed by atoms with Crippen LogP contribution in [0.1, 0.15) is 27.3 Å². The molecule has 0 unspecified atom stereocenters. The van der Waals surface area contributed by atoms with Gasteiger partial charge in [0.05, 0.1) is 11.3 Å². The third kappa shape index (κ3) is 4.06. The molecule has 166 valence electrons. The Kier molecular flexibility index (Phi) is 5.65. The lowest BCUT2D eigenvalue weighted by Gasteiger charge is -2.28. The average molecular weight is 463 g/mol. The minimum absolute atomic E-state index is 0.135. The summed E-state index contributed by atoms with van der Waals surface area (Å²) in [6, 6.07) is 13.6. The Morgan fingerprint density at radius 1 is 1.06 bits per heavy atom. The van der Waals surface area contributed by atoms with Crippen LogP contribution in [-0.4, -0.2) is 32.6 Å². The van der Waals surface area contributed by atoms with E-state index in [1.807, 2.05) is 11.5 Å². The molecule has 1 aliphatic rings. The third-order valence-electron chi connectivity index (χ3n) is 5.29. The van der Waals surface area contributed by atoms with Crippen molar-refractivity contribution >= 4 is 46.9 Å². The van der Waals surface area contributed by atoms with Gasteiger partial charge < -0.3 is 9.67 Å². The van der Waals surface area contributed by atoms with Crippen LogP contribution >= 0.6 is 12.2 Å². The van der Waals surface area contributed by atoms with Crippen molar-refractivity contribution in [3.8, 4) is 5.69 Å². The first-order valence-electron chi connectivity index (χ1n) is 9.87. The van der Waals surface area contributed by atoms with Gasteiger partial charge in [-0.25, -0.2) is 9.18 Å². The summed E-state index contributed by atoms with van der Waals surface area (Å²) in [6.45, 7) is 3.63. The highest BCUT2D eigenvalue weighted by atomic mass is 32.1. The van der Waals surface area contributed by atoms with E-state index in [1.54, 1.807) is 31.2 Å². The Hall–Kier alpha value is -4.11. The molecule has 7 nitrogen and oxygen atoms in total. The fourth-order valence-electron chi connectivity index (χ4n) is 3.77. The summed E-state index contributed by atoms with van der Waals surface area (Å²) in [7, 11) is 0. The number of nitrogens with zero attached hydrogens (tertiary/aromatic N) is 2. The summed E-state index contributed by atoms with van der Waals surface area (Å²) in [5.74, 6) is -2.92. The molecule has 2 amide bonds. The Labute approximate surface area is 193 Å². The quantitative estimate of drug-likeness (QED) is 0.349. The zero-order chi connectivity index (χ0) is 23.9. The molecule has 0 saturated carbocycles. The second-order valence-corrected chi connectivity index (χ2v) is 7.84. The van der Waals surface area contributed by atoms with Crippen LogP contribution in [0, 0.1) is 19.7 Å². The molecular weight excluding hydrogens is 445 g/mol. The van der Waals surface area contributed by atoms with E-state index in [1.165, 1.54) is 30.3 Å². The van der Waals surface area contributed by atoms with Crippen LogP contribution < -0.4 is 10.2 Å². The standard InChI is InChI=1S/C24H18FN3O4S/c1-13-9-16(14(2)27(13)18-7-3-5-15(10-18)23(31)32)11-20-21(29)26-24(33)28(22(20)30)19-8-4-6-17(25)12-19/h3-12H,1-2H3,(H,31,32)(H,26,29,33)/b20-11-. The van der Waals surface area contributed by atoms with Gasteiger partial charge in [0.2, 0.25) is 0 Å². The molecule has 1 saturated heterocycles. The lowest BCUT2D eigenvalue weighted by atomic mass is 10.1. The van der Waals surface area contributed by atoms with Crippen LogP contribution in [0.5, 0.6) is 0 Å². The van der Waals surface area contributed by atoms with Crippen molar-refractivity contribution in [1.82, 2.24) is 9.88 Å². The van der Waals surface area contributed by atoms with Crippen LogP contribution in [0.4, 0.5) is 10.1 Å². The molecule has 1 aromatic heterocycles. The molecule has 3 aromatic rings. The van der Waals surface area contributed by atoms with E-state index >= 15 is 0 Å². The van der Waals surface area contributed by atoms with Crippen molar-refractivity contribution in [2.45, 2.75) is 13.8 Å². The first-order chi connectivity index (χ1) is 15.7. The molecule has 0 spiro atoms. The van der Waals surface area contributed by atoms with E-state index in [0.29, 0.717) is 16.9 Å². The number of aromatic carboxylic acids is 1. The maximum Gasteiger partial charge on any atom is 0.335 e. The molecule has 0 radical (unpaired) electrons. The van der Waals surface area contributed by atoms with Gasteiger partial charge in [-0.3, -0.25) is 19.8 Å². The number of benzene rings is 2. The summed E-state index contributed by atoms with van der Waals surface area (Å²) in [5.41, 5.74) is 2.90. The van der Waals surface area contributed by atoms with E-state index in [9.17, 15) is 23.9 Å². The fourth-order valence-corrected chi connectivity index (χ4v) is 4.05. The number of carbonyl (C=O) groups excluding carboxylic acids is 2. The Morgan fingerprint density at radius 3 is 2.45 bits per heavy atom. The van der Waals surface area contributed by atoms with E-state index in [2.05, 4.69) is 5.32 Å². The number of nitrogens with one attached hydrogen (secondary N) is 1. The van der Waals surface area contributed by atoms with Gasteiger partial charge in [-0.15, -0.1) is 0 Å². The van der Waals surface area contributed by atoms with Crippen LogP contribution in [0.15, 0.2) is 60.2 Å². The monoisotopic (exact) mass is 463 g/mol. The third-order valence-corrected chi connectivity index (χ3v) is 5.57. The van der Waals surface area contributed by atoms with Crippen molar-refractivity contribution in [3.63, 3.8) is 0 Å². The first-order valence-corrected chi connectivity index (χ1v) is 10.3. The summed E-state index contributed by atoms with van der Waals surface area (Å²) < 4.78 is 15.5. The Balaban J connectivity index is 1.77. The zero-order valence-electron chi connectivity index (χ0n) is 17.6. The normalized spacial score (nSPS) is 15.2. The lowest BCUT2D eigenvalue weighted by Crippen LogP contribution is -2.54. The Morgan fingerprint density at radius 2 is 1.76 bits per heavy atom. The molecule has 0 aliphatic carbocycles. The summed E-state index contributed by atoms with van der Waals surface area (Å²) in [6.07, 6.45) is 1.45. The predicted molar refractivity (Wildman–Crippen MR) is 125 cm³/mol. The van der Waals surface area contributed by atoms with E-state index in [0.717, 1.165) is 16.7 Å². The van der Waals surface area contributed by atoms with Crippen molar-refractivity contribution in [2.75, 3.05) is 4.90 Å². The van der Waals surface area contributed by atoms with Crippen LogP contribution in [0.2, 0.25) is 0 Å². The van der Waals surface area contributed by atoms with E-state index < -0.39 is 23.6 Å². The smallest absolute Gasteiger partial charge is 0.335 e. The number of hydrogen-bond donors (Lipinski definition) is 2. The van der Waals surface area contributed by atoms with Gasteiger partial charge in [0, 0.05) is 17.1 Å². The van der Waals surface area contributed by atoms with Crippen molar-refractivity contribution in [3.05, 3.63) is 88.5 Å². The minimum atomic E-state index is -1.04. The van der Waals surface area contributed by atoms with Crippen molar-refractivity contribution in [1.29, 1.82) is 0 Å². The molecule has 1 aliphatic heterocycles. The highest BCUT2D eigenvalue weighted by Crippen LogP contribution is 2.26. The molecule has 0 atom stereocenters. The summed E-state index contributed by atoms with van der Waals surface area (Å²) in [5, 5.41) is 11.6. The second kappa shape index (κ2) is 8.44. The summed E-state index contributed by atoms with van der Waals surface area (Å²) in [4.78, 5) is 38.2. The number of aromatic nitrogens is 1. The number of amides is 2. The maximum absolute atomic E-state index is 13.7. The zero-order valence-corrected chi connectivity index (χ0v) is 18.4. The highest BCUT2D eigenvalue weighted by molar-refractivity contribution is 7.80. The van der Waals surface area contributed by atoms with E-state index in [4.69, 9.17) is 12.2 Å². The molecule has 4 rings (SSSR count). The van der Waals surface area contributed by atoms with Crippen LogP contribution in [0.25, 0.3) is 11.8 Å². The molecule has 2 aromatic carbocycles. The number of carbonyl (C=O) groups is 3. The topological polar surface area (TPSA) is 91.6 Å². The summed E-state index contributed by atoms with van der Waals surface area (Å²) >= 11 is 5.14. The number of thiocarbonyl (C=S) groups is 1. The molecule has 2 N–H and O–H groups in total. The fraction of sp³-hybridized carbons (Fsp3) is 0.0833. The maximum atomic E-state index is 13.7. The molecule has 0 bridgehead atoms. The van der Waals surface area contributed by atoms with Crippen molar-refractivity contribution < 1.29 is 23.9 Å². The molecule has 2 heterocycles. The van der Waals surface area contributed by atoms with Gasteiger partial charge in [0.25, 0.3) is 11.8 Å². The minimum Gasteiger partial charge on any atom is -0.478 e. The van der Waals surface area contributed by atoms with Gasteiger partial charge in [0.15, 0.2) is 5.11 Å². The number of carboxylic acid groups (broad SMARTS) is 1. The van der Waals surface area contributed by atoms with Gasteiger partial charge in [-0.05, 0) is 80.2 Å². The van der Waals surface area contributed by atoms with Gasteiger partial charge in [-0.1, -0.05) is 12.1 Å². The number of halogens is 1. The highest BCUT2D eigenvalue weighted by Gasteiger charge is 2.35. The van der Waals surface area contributed by atoms with Crippen LogP contribution in [0.3, 0.4) is 0 Å². The average Bonchev–Trinajstić information content (AvgIpc) is 3.04.